The van der Waals surface area contributed by atoms with E-state index in [4.69, 9.17) is 5.11 Å². The van der Waals surface area contributed by atoms with Crippen LogP contribution in [0, 0.1) is 5.41 Å². The SMILES string of the molecule is CC(C)(Cn1ccc(=O)c2ccccc21)C(=O)O. The van der Waals surface area contributed by atoms with E-state index in [0.717, 1.165) is 5.52 Å². The number of rotatable bonds is 3. The number of aliphatic carboxylic acids is 1. The zero-order valence-electron chi connectivity index (χ0n) is 10.4. The third-order valence-electron chi connectivity index (χ3n) is 3.03. The summed E-state index contributed by atoms with van der Waals surface area (Å²) >= 11 is 0. The Hall–Kier alpha value is -2.10. The third-order valence-corrected chi connectivity index (χ3v) is 3.03. The number of aromatic nitrogens is 1. The molecule has 0 spiro atoms. The van der Waals surface area contributed by atoms with Crippen LogP contribution >= 0.6 is 0 Å². The van der Waals surface area contributed by atoms with E-state index in [1.165, 1.54) is 6.07 Å². The van der Waals surface area contributed by atoms with E-state index >= 15 is 0 Å². The molecule has 0 radical (unpaired) electrons. The van der Waals surface area contributed by atoms with Gasteiger partial charge < -0.3 is 9.67 Å². The van der Waals surface area contributed by atoms with E-state index in [-0.39, 0.29) is 5.43 Å². The largest absolute Gasteiger partial charge is 0.481 e. The molecule has 0 saturated carbocycles. The standard InChI is InChI=1S/C14H15NO3/c1-14(2,13(17)18)9-15-8-7-12(16)10-5-3-4-6-11(10)15/h3-8H,9H2,1-2H3,(H,17,18). The van der Waals surface area contributed by atoms with E-state index in [9.17, 15) is 9.59 Å². The first-order valence-electron chi connectivity index (χ1n) is 5.73. The van der Waals surface area contributed by atoms with Crippen molar-refractivity contribution >= 4 is 16.9 Å². The van der Waals surface area contributed by atoms with Crippen molar-refractivity contribution in [1.82, 2.24) is 4.57 Å². The first-order chi connectivity index (χ1) is 8.42. The van der Waals surface area contributed by atoms with Gasteiger partial charge in [0.1, 0.15) is 0 Å². The van der Waals surface area contributed by atoms with Crippen LogP contribution in [0.15, 0.2) is 41.3 Å². The monoisotopic (exact) mass is 245 g/mol. The number of carboxylic acids is 1. The van der Waals surface area contributed by atoms with Gasteiger partial charge in [0.25, 0.3) is 0 Å². The van der Waals surface area contributed by atoms with Crippen LogP contribution in [0.3, 0.4) is 0 Å². The molecule has 1 aromatic heterocycles. The van der Waals surface area contributed by atoms with Crippen LogP contribution < -0.4 is 5.43 Å². The van der Waals surface area contributed by atoms with Crippen molar-refractivity contribution in [2.75, 3.05) is 0 Å². The molecule has 0 aliphatic rings. The number of nitrogens with zero attached hydrogens (tertiary/aromatic N) is 1. The summed E-state index contributed by atoms with van der Waals surface area (Å²) in [6, 6.07) is 8.69. The molecule has 94 valence electrons. The zero-order valence-corrected chi connectivity index (χ0v) is 10.4. The zero-order chi connectivity index (χ0) is 13.3. The van der Waals surface area contributed by atoms with Crippen molar-refractivity contribution in [2.45, 2.75) is 20.4 Å². The molecule has 0 amide bonds. The van der Waals surface area contributed by atoms with Gasteiger partial charge >= 0.3 is 5.97 Å². The van der Waals surface area contributed by atoms with Crippen LogP contribution in [-0.4, -0.2) is 15.6 Å². The molecular formula is C14H15NO3. The highest BCUT2D eigenvalue weighted by molar-refractivity contribution is 5.79. The predicted molar refractivity (Wildman–Crippen MR) is 69.6 cm³/mol. The van der Waals surface area contributed by atoms with Crippen LogP contribution in [-0.2, 0) is 11.3 Å². The Labute approximate surface area is 104 Å². The molecule has 2 aromatic rings. The van der Waals surface area contributed by atoms with E-state index in [0.29, 0.717) is 11.9 Å². The lowest BCUT2D eigenvalue weighted by molar-refractivity contribution is -0.147. The van der Waals surface area contributed by atoms with Gasteiger partial charge in [-0.25, -0.2) is 0 Å². The molecule has 0 aliphatic heterocycles. The second-order valence-corrected chi connectivity index (χ2v) is 5.01. The van der Waals surface area contributed by atoms with E-state index in [1.807, 2.05) is 16.7 Å². The van der Waals surface area contributed by atoms with Gasteiger partial charge in [-0.1, -0.05) is 12.1 Å². The maximum atomic E-state index is 11.7. The van der Waals surface area contributed by atoms with Crippen molar-refractivity contribution in [1.29, 1.82) is 0 Å². The van der Waals surface area contributed by atoms with Gasteiger partial charge in [-0.15, -0.1) is 0 Å². The molecule has 0 aliphatic carbocycles. The Morgan fingerprint density at radius 1 is 1.28 bits per heavy atom. The normalized spacial score (nSPS) is 11.7. The predicted octanol–water partition coefficient (Wildman–Crippen LogP) is 2.11. The minimum Gasteiger partial charge on any atom is -0.481 e. The van der Waals surface area contributed by atoms with Gasteiger partial charge in [-0.2, -0.15) is 0 Å². The number of carboxylic acid groups (broad SMARTS) is 1. The Balaban J connectivity index is 2.57. The van der Waals surface area contributed by atoms with Crippen LogP contribution in [0.2, 0.25) is 0 Å². The lowest BCUT2D eigenvalue weighted by Crippen LogP contribution is -2.29. The Morgan fingerprint density at radius 2 is 1.94 bits per heavy atom. The van der Waals surface area contributed by atoms with Crippen LogP contribution in [0.25, 0.3) is 10.9 Å². The van der Waals surface area contributed by atoms with Crippen molar-refractivity contribution in [3.63, 3.8) is 0 Å². The van der Waals surface area contributed by atoms with Gasteiger partial charge in [0.2, 0.25) is 0 Å². The number of hydrogen-bond acceptors (Lipinski definition) is 2. The highest BCUT2D eigenvalue weighted by Gasteiger charge is 2.27. The fourth-order valence-electron chi connectivity index (χ4n) is 1.89. The minimum atomic E-state index is -0.877. The van der Waals surface area contributed by atoms with Crippen molar-refractivity contribution < 1.29 is 9.90 Å². The molecule has 0 bridgehead atoms. The summed E-state index contributed by atoms with van der Waals surface area (Å²) in [4.78, 5) is 22.9. The summed E-state index contributed by atoms with van der Waals surface area (Å²) in [6.07, 6.45) is 1.65. The second kappa shape index (κ2) is 4.29. The average Bonchev–Trinajstić information content (AvgIpc) is 2.33. The second-order valence-electron chi connectivity index (χ2n) is 5.01. The average molecular weight is 245 g/mol. The molecule has 2 rings (SSSR count). The highest BCUT2D eigenvalue weighted by atomic mass is 16.4. The van der Waals surface area contributed by atoms with Crippen molar-refractivity contribution in [2.24, 2.45) is 5.41 Å². The summed E-state index contributed by atoms with van der Waals surface area (Å²) in [7, 11) is 0. The first-order valence-corrected chi connectivity index (χ1v) is 5.73. The van der Waals surface area contributed by atoms with E-state index < -0.39 is 11.4 Å². The molecule has 1 heterocycles. The number of pyridine rings is 1. The number of para-hydroxylation sites is 1. The number of carbonyl (C=O) groups is 1. The van der Waals surface area contributed by atoms with Crippen molar-refractivity contribution in [3.05, 3.63) is 46.8 Å². The Bertz CT molecular complexity index is 655. The topological polar surface area (TPSA) is 59.3 Å². The summed E-state index contributed by atoms with van der Waals surface area (Å²) in [5, 5.41) is 9.77. The van der Waals surface area contributed by atoms with Crippen LogP contribution in [0.1, 0.15) is 13.8 Å². The molecule has 1 N–H and O–H groups in total. The molecule has 1 aromatic carbocycles. The lowest BCUT2D eigenvalue weighted by atomic mass is 9.93. The fourth-order valence-corrected chi connectivity index (χ4v) is 1.89. The van der Waals surface area contributed by atoms with Gasteiger partial charge in [-0.3, -0.25) is 9.59 Å². The molecular weight excluding hydrogens is 230 g/mol. The minimum absolute atomic E-state index is 0.0463. The summed E-state index contributed by atoms with van der Waals surface area (Å²) < 4.78 is 1.81. The molecule has 0 unspecified atom stereocenters. The third kappa shape index (κ3) is 2.14. The summed E-state index contributed by atoms with van der Waals surface area (Å²) in [6.45, 7) is 3.66. The Kier molecular flexibility index (Phi) is 2.95. The summed E-state index contributed by atoms with van der Waals surface area (Å²) in [5.74, 6) is -0.856. The number of fused-ring (bicyclic) bond motifs is 1. The quantitative estimate of drug-likeness (QED) is 0.901. The van der Waals surface area contributed by atoms with Gasteiger partial charge in [-0.05, 0) is 26.0 Å². The first kappa shape index (κ1) is 12.4. The smallest absolute Gasteiger partial charge is 0.310 e. The van der Waals surface area contributed by atoms with Crippen LogP contribution in [0.5, 0.6) is 0 Å². The molecule has 0 atom stereocenters. The maximum Gasteiger partial charge on any atom is 0.310 e. The molecule has 4 heteroatoms. The molecule has 0 saturated heterocycles. The van der Waals surface area contributed by atoms with E-state index in [1.54, 1.807) is 32.2 Å². The summed E-state index contributed by atoms with van der Waals surface area (Å²) in [5.41, 5.74) is -0.160. The van der Waals surface area contributed by atoms with Gasteiger partial charge in [0.05, 0.1) is 10.9 Å². The Morgan fingerprint density at radius 3 is 2.61 bits per heavy atom. The lowest BCUT2D eigenvalue weighted by Gasteiger charge is -2.22. The number of hydrogen-bond donors (Lipinski definition) is 1. The van der Waals surface area contributed by atoms with Crippen molar-refractivity contribution in [3.8, 4) is 0 Å². The maximum absolute atomic E-state index is 11.7. The van der Waals surface area contributed by atoms with E-state index in [2.05, 4.69) is 0 Å². The highest BCUT2D eigenvalue weighted by Crippen LogP contribution is 2.20. The van der Waals surface area contributed by atoms with Gasteiger partial charge in [0.15, 0.2) is 5.43 Å². The number of benzene rings is 1. The fraction of sp³-hybridized carbons (Fsp3) is 0.286. The van der Waals surface area contributed by atoms with Gasteiger partial charge in [0, 0.05) is 24.2 Å². The molecule has 4 nitrogen and oxygen atoms in total. The van der Waals surface area contributed by atoms with Crippen LogP contribution in [0.4, 0.5) is 0 Å². The molecule has 18 heavy (non-hydrogen) atoms. The molecule has 0 fully saturated rings.